The van der Waals surface area contributed by atoms with Gasteiger partial charge in [0.15, 0.2) is 14.4 Å². The molecule has 0 aliphatic carbocycles. The molecule has 0 heterocycles. The first kappa shape index (κ1) is 20.9. The van der Waals surface area contributed by atoms with E-state index >= 15 is 0 Å². The smallest absolute Gasteiger partial charge is 0.408 e. The zero-order chi connectivity index (χ0) is 17.9. The van der Waals surface area contributed by atoms with E-state index in [2.05, 4.69) is 33.9 Å². The molecule has 0 spiro atoms. The van der Waals surface area contributed by atoms with Crippen molar-refractivity contribution in [1.82, 2.24) is 4.90 Å². The first-order valence-corrected chi connectivity index (χ1v) is 10.3. The summed E-state index contributed by atoms with van der Waals surface area (Å²) in [5.41, 5.74) is -0.735. The average Bonchev–Trinajstić information content (AvgIpc) is 2.29. The summed E-state index contributed by atoms with van der Waals surface area (Å²) in [7, 11) is -0.839. The lowest BCUT2D eigenvalue weighted by molar-refractivity contribution is -0.149. The van der Waals surface area contributed by atoms with Crippen LogP contribution in [0.3, 0.4) is 0 Å². The zero-order valence-corrected chi connectivity index (χ0v) is 16.3. The molecule has 22 heavy (non-hydrogen) atoms. The van der Waals surface area contributed by atoms with Gasteiger partial charge in [0.25, 0.3) is 0 Å². The van der Waals surface area contributed by atoms with E-state index in [1.54, 1.807) is 20.8 Å². The molecule has 130 valence electrons. The molecule has 6 nitrogen and oxygen atoms in total. The van der Waals surface area contributed by atoms with Gasteiger partial charge in [-0.3, -0.25) is 4.90 Å². The minimum absolute atomic E-state index is 0.00668. The maximum Gasteiger partial charge on any atom is 0.408 e. The summed E-state index contributed by atoms with van der Waals surface area (Å²) in [4.78, 5) is 24.8. The van der Waals surface area contributed by atoms with Crippen molar-refractivity contribution in [3.8, 4) is 0 Å². The monoisotopic (exact) mass is 333 g/mol. The van der Waals surface area contributed by atoms with Crippen molar-refractivity contribution in [2.45, 2.75) is 71.3 Å². The Morgan fingerprint density at radius 2 is 1.59 bits per heavy atom. The van der Waals surface area contributed by atoms with Crippen LogP contribution in [0.1, 0.15) is 41.5 Å². The molecule has 0 aromatic carbocycles. The van der Waals surface area contributed by atoms with Crippen LogP contribution in [0.2, 0.25) is 18.1 Å². The van der Waals surface area contributed by atoms with E-state index in [1.807, 2.05) is 0 Å². The zero-order valence-electron chi connectivity index (χ0n) is 15.3. The predicted molar refractivity (Wildman–Crippen MR) is 88.6 cm³/mol. The Bertz CT molecular complexity index is 409. The second kappa shape index (κ2) is 7.00. The minimum Gasteiger partial charge on any atom is -0.467 e. The topological polar surface area (TPSA) is 76.1 Å². The third-order valence-corrected chi connectivity index (χ3v) is 8.62. The first-order valence-electron chi connectivity index (χ1n) is 7.39. The second-order valence-corrected chi connectivity index (χ2v) is 12.7. The van der Waals surface area contributed by atoms with Crippen LogP contribution in [0.5, 0.6) is 0 Å². The molecule has 0 aliphatic rings. The maximum absolute atomic E-state index is 12.1. The highest BCUT2D eigenvalue weighted by molar-refractivity contribution is 6.74. The minimum atomic E-state index is -2.09. The Morgan fingerprint density at radius 1 is 1.14 bits per heavy atom. The molecule has 1 atom stereocenters. The van der Waals surface area contributed by atoms with Crippen LogP contribution in [0.4, 0.5) is 4.79 Å². The summed E-state index contributed by atoms with van der Waals surface area (Å²) in [6.45, 7) is 15.6. The number of carbonyl (C=O) groups is 2. The highest BCUT2D eigenvalue weighted by atomic mass is 28.4. The number of hydrogen-bond donors (Lipinski definition) is 1. The van der Waals surface area contributed by atoms with Crippen molar-refractivity contribution >= 4 is 20.4 Å². The van der Waals surface area contributed by atoms with Gasteiger partial charge < -0.3 is 14.3 Å². The quantitative estimate of drug-likeness (QED) is 0.617. The molecule has 0 rings (SSSR count). The molecule has 0 saturated heterocycles. The molecule has 0 fully saturated rings. The number of amides is 1. The fraction of sp³-hybridized carbons (Fsp3) is 0.867. The van der Waals surface area contributed by atoms with Gasteiger partial charge in [-0.15, -0.1) is 0 Å². The van der Waals surface area contributed by atoms with Crippen LogP contribution in [0.25, 0.3) is 0 Å². The van der Waals surface area contributed by atoms with Crippen LogP contribution >= 0.6 is 0 Å². The van der Waals surface area contributed by atoms with Gasteiger partial charge in [0.1, 0.15) is 0 Å². The number of ether oxygens (including phenoxy) is 1. The maximum atomic E-state index is 12.1. The summed E-state index contributed by atoms with van der Waals surface area (Å²) in [5, 5.41) is 9.46. The Hall–Kier alpha value is -1.08. The molecule has 0 saturated carbocycles. The van der Waals surface area contributed by atoms with Crippen molar-refractivity contribution in [2.24, 2.45) is 0 Å². The lowest BCUT2D eigenvalue weighted by Crippen LogP contribution is -2.57. The molecule has 0 radical (unpaired) electrons. The van der Waals surface area contributed by atoms with Gasteiger partial charge in [0, 0.05) is 5.54 Å². The number of methoxy groups -OCH3 is 1. The lowest BCUT2D eigenvalue weighted by Gasteiger charge is -2.41. The standard InChI is InChI=1S/C15H31NO5Si/c1-14(2,3)16(13(18)19)11(12(17)20-7)10-21-22(8,9)15(4,5)6/h11H,10H2,1-9H3,(H,18,19)/t11-/m1/s1. The number of rotatable bonds is 5. The van der Waals surface area contributed by atoms with E-state index in [1.165, 1.54) is 7.11 Å². The number of carbonyl (C=O) groups excluding carboxylic acids is 1. The fourth-order valence-electron chi connectivity index (χ4n) is 1.78. The largest absolute Gasteiger partial charge is 0.467 e. The summed E-state index contributed by atoms with van der Waals surface area (Å²) in [6, 6.07) is -0.975. The van der Waals surface area contributed by atoms with Crippen LogP contribution in [0, 0.1) is 0 Å². The summed E-state index contributed by atoms with van der Waals surface area (Å²) in [6.07, 6.45) is -1.17. The Kier molecular flexibility index (Phi) is 6.65. The van der Waals surface area contributed by atoms with Crippen LogP contribution in [0.15, 0.2) is 0 Å². The first-order chi connectivity index (χ1) is 9.65. The molecular formula is C15H31NO5Si. The number of nitrogens with zero attached hydrogens (tertiary/aromatic N) is 1. The van der Waals surface area contributed by atoms with E-state index in [-0.39, 0.29) is 11.6 Å². The summed E-state index contributed by atoms with van der Waals surface area (Å²) in [5.74, 6) is -0.601. The van der Waals surface area contributed by atoms with Gasteiger partial charge >= 0.3 is 12.1 Å². The van der Waals surface area contributed by atoms with Gasteiger partial charge in [0.2, 0.25) is 0 Å². The van der Waals surface area contributed by atoms with E-state index in [0.29, 0.717) is 0 Å². The number of esters is 1. The van der Waals surface area contributed by atoms with Crippen molar-refractivity contribution < 1.29 is 23.9 Å². The molecule has 1 N–H and O–H groups in total. The predicted octanol–water partition coefficient (Wildman–Crippen LogP) is 3.33. The second-order valence-electron chi connectivity index (χ2n) is 7.93. The third kappa shape index (κ3) is 5.28. The van der Waals surface area contributed by atoms with Crippen molar-refractivity contribution in [1.29, 1.82) is 0 Å². The molecule has 0 aromatic heterocycles. The number of carboxylic acid groups (broad SMARTS) is 1. The fourth-order valence-corrected chi connectivity index (χ4v) is 2.78. The summed E-state index contributed by atoms with van der Waals surface area (Å²) < 4.78 is 10.8. The van der Waals surface area contributed by atoms with E-state index in [4.69, 9.17) is 9.16 Å². The molecule has 0 aromatic rings. The molecule has 0 unspecified atom stereocenters. The third-order valence-electron chi connectivity index (χ3n) is 4.12. The highest BCUT2D eigenvalue weighted by Crippen LogP contribution is 2.37. The summed E-state index contributed by atoms with van der Waals surface area (Å²) >= 11 is 0. The van der Waals surface area contributed by atoms with E-state index in [0.717, 1.165) is 4.90 Å². The molecular weight excluding hydrogens is 302 g/mol. The lowest BCUT2D eigenvalue weighted by atomic mass is 10.0. The van der Waals surface area contributed by atoms with Crippen LogP contribution in [-0.2, 0) is 14.0 Å². The Labute approximate surface area is 134 Å². The molecule has 1 amide bonds. The highest BCUT2D eigenvalue weighted by Gasteiger charge is 2.42. The van der Waals surface area contributed by atoms with Gasteiger partial charge in [-0.1, -0.05) is 20.8 Å². The van der Waals surface area contributed by atoms with Crippen LogP contribution < -0.4 is 0 Å². The van der Waals surface area contributed by atoms with Crippen molar-refractivity contribution in [3.63, 3.8) is 0 Å². The van der Waals surface area contributed by atoms with E-state index < -0.39 is 32.0 Å². The van der Waals surface area contributed by atoms with Gasteiger partial charge in [-0.25, -0.2) is 9.59 Å². The van der Waals surface area contributed by atoms with Crippen LogP contribution in [-0.4, -0.2) is 55.7 Å². The SMILES string of the molecule is COC(=O)[C@@H](CO[Si](C)(C)C(C)(C)C)N(C(=O)O)C(C)(C)C. The van der Waals surface area contributed by atoms with E-state index in [9.17, 15) is 14.7 Å². The van der Waals surface area contributed by atoms with Crippen molar-refractivity contribution in [2.75, 3.05) is 13.7 Å². The average molecular weight is 334 g/mol. The van der Waals surface area contributed by atoms with Gasteiger partial charge in [-0.2, -0.15) is 0 Å². The Morgan fingerprint density at radius 3 is 1.86 bits per heavy atom. The van der Waals surface area contributed by atoms with Crippen molar-refractivity contribution in [3.05, 3.63) is 0 Å². The van der Waals surface area contributed by atoms with Gasteiger partial charge in [0.05, 0.1) is 13.7 Å². The van der Waals surface area contributed by atoms with Gasteiger partial charge in [-0.05, 0) is 38.9 Å². The molecule has 0 aliphatic heterocycles. The molecule has 0 bridgehead atoms. The number of hydrogen-bond acceptors (Lipinski definition) is 4. The Balaban J connectivity index is 5.41. The molecule has 7 heteroatoms. The normalized spacial score (nSPS) is 14.4.